The van der Waals surface area contributed by atoms with Gasteiger partial charge in [0.05, 0.1) is 13.2 Å². The molecule has 136 valence electrons. The fraction of sp³-hybridized carbons (Fsp3) is 0.524. The third kappa shape index (κ3) is 2.49. The molecule has 5 heteroatoms. The lowest BCUT2D eigenvalue weighted by Crippen LogP contribution is -2.60. The van der Waals surface area contributed by atoms with E-state index in [0.717, 1.165) is 29.9 Å². The fourth-order valence-corrected chi connectivity index (χ4v) is 5.37. The number of aryl methyl sites for hydroxylation is 1. The van der Waals surface area contributed by atoms with Crippen molar-refractivity contribution in [3.63, 3.8) is 0 Å². The minimum Gasteiger partial charge on any atom is -0.497 e. The van der Waals surface area contributed by atoms with Gasteiger partial charge in [0.2, 0.25) is 5.95 Å². The molecule has 0 N–H and O–H groups in total. The molecule has 4 saturated heterocycles. The second kappa shape index (κ2) is 6.23. The Morgan fingerprint density at radius 1 is 1.04 bits per heavy atom. The summed E-state index contributed by atoms with van der Waals surface area (Å²) in [5.41, 5.74) is 2.45. The SMILES string of the molecule is COc1ccc([C@H]2CN(c3nccc(C)n3)[C@H]3C4CCN(CC4)[C@@H]23)cc1. The molecule has 1 aromatic heterocycles. The maximum atomic E-state index is 5.35. The Balaban J connectivity index is 1.54. The van der Waals surface area contributed by atoms with E-state index in [1.807, 2.05) is 12.3 Å². The van der Waals surface area contributed by atoms with Crippen LogP contribution >= 0.6 is 0 Å². The molecule has 5 heterocycles. The van der Waals surface area contributed by atoms with Gasteiger partial charge in [-0.25, -0.2) is 9.97 Å². The Kier molecular flexibility index (Phi) is 3.85. The molecule has 6 rings (SSSR count). The summed E-state index contributed by atoms with van der Waals surface area (Å²) < 4.78 is 5.35. The molecule has 4 aliphatic heterocycles. The first-order chi connectivity index (χ1) is 12.7. The Labute approximate surface area is 155 Å². The number of benzene rings is 1. The van der Waals surface area contributed by atoms with Crippen LogP contribution in [0.4, 0.5) is 5.95 Å². The van der Waals surface area contributed by atoms with Crippen LogP contribution in [0.25, 0.3) is 0 Å². The average Bonchev–Trinajstić information content (AvgIpc) is 3.12. The number of hydrogen-bond donors (Lipinski definition) is 0. The van der Waals surface area contributed by atoms with Crippen molar-refractivity contribution < 1.29 is 4.74 Å². The highest BCUT2D eigenvalue weighted by Gasteiger charge is 2.54. The quantitative estimate of drug-likeness (QED) is 0.851. The number of fused-ring (bicyclic) bond motifs is 2. The van der Waals surface area contributed by atoms with Gasteiger partial charge in [0.25, 0.3) is 0 Å². The zero-order valence-electron chi connectivity index (χ0n) is 15.5. The highest BCUT2D eigenvalue weighted by Crippen LogP contribution is 2.47. The number of nitrogens with zero attached hydrogens (tertiary/aromatic N) is 4. The predicted molar refractivity (Wildman–Crippen MR) is 102 cm³/mol. The van der Waals surface area contributed by atoms with E-state index in [1.54, 1.807) is 7.11 Å². The maximum absolute atomic E-state index is 5.35. The molecule has 0 unspecified atom stereocenters. The van der Waals surface area contributed by atoms with E-state index in [-0.39, 0.29) is 0 Å². The van der Waals surface area contributed by atoms with E-state index in [2.05, 4.69) is 46.0 Å². The summed E-state index contributed by atoms with van der Waals surface area (Å²) in [4.78, 5) is 14.6. The van der Waals surface area contributed by atoms with Gasteiger partial charge in [0.15, 0.2) is 0 Å². The summed E-state index contributed by atoms with van der Waals surface area (Å²) in [6.45, 7) is 5.52. The summed E-state index contributed by atoms with van der Waals surface area (Å²) in [6, 6.07) is 11.7. The molecule has 0 aliphatic carbocycles. The van der Waals surface area contributed by atoms with Crippen molar-refractivity contribution in [3.8, 4) is 5.75 Å². The van der Waals surface area contributed by atoms with Gasteiger partial charge < -0.3 is 9.64 Å². The Morgan fingerprint density at radius 3 is 2.50 bits per heavy atom. The average molecular weight is 350 g/mol. The van der Waals surface area contributed by atoms with Crippen molar-refractivity contribution >= 4 is 5.95 Å². The van der Waals surface area contributed by atoms with Gasteiger partial charge in [-0.3, -0.25) is 4.90 Å². The topological polar surface area (TPSA) is 41.5 Å². The predicted octanol–water partition coefficient (Wildman–Crippen LogP) is 2.86. The van der Waals surface area contributed by atoms with Gasteiger partial charge in [-0.1, -0.05) is 12.1 Å². The number of hydrogen-bond acceptors (Lipinski definition) is 5. The first-order valence-corrected chi connectivity index (χ1v) is 9.69. The van der Waals surface area contributed by atoms with E-state index in [1.165, 1.54) is 31.5 Å². The van der Waals surface area contributed by atoms with E-state index < -0.39 is 0 Å². The molecule has 2 bridgehead atoms. The van der Waals surface area contributed by atoms with Crippen LogP contribution in [-0.4, -0.2) is 53.7 Å². The van der Waals surface area contributed by atoms with Crippen LogP contribution in [0.15, 0.2) is 36.5 Å². The van der Waals surface area contributed by atoms with Crippen molar-refractivity contribution in [2.75, 3.05) is 31.6 Å². The van der Waals surface area contributed by atoms with Crippen LogP contribution in [0.1, 0.15) is 30.0 Å². The van der Waals surface area contributed by atoms with Crippen LogP contribution in [0.2, 0.25) is 0 Å². The van der Waals surface area contributed by atoms with Gasteiger partial charge in [0.1, 0.15) is 5.75 Å². The number of rotatable bonds is 3. The lowest BCUT2D eigenvalue weighted by atomic mass is 9.75. The molecule has 3 atom stereocenters. The summed E-state index contributed by atoms with van der Waals surface area (Å²) in [5.74, 6) is 3.09. The summed E-state index contributed by atoms with van der Waals surface area (Å²) >= 11 is 0. The standard InChI is InChI=1S/C21H26N4O/c1-14-7-10-22-21(23-14)25-13-18(15-3-5-17(26-2)6-4-15)20-19(25)16-8-11-24(20)12-9-16/h3-7,10,16,18-20H,8-9,11-13H2,1-2H3/t18-,19+,20+/m1/s1. The molecule has 0 saturated carbocycles. The second-order valence-corrected chi connectivity index (χ2v) is 7.88. The molecular weight excluding hydrogens is 324 g/mol. The van der Waals surface area contributed by atoms with Crippen LogP contribution in [0.3, 0.4) is 0 Å². The Bertz CT molecular complexity index is 785. The van der Waals surface area contributed by atoms with Gasteiger partial charge in [0, 0.05) is 30.4 Å². The molecule has 4 fully saturated rings. The van der Waals surface area contributed by atoms with E-state index in [4.69, 9.17) is 9.72 Å². The number of methoxy groups -OCH3 is 1. The highest BCUT2D eigenvalue weighted by atomic mass is 16.5. The lowest BCUT2D eigenvalue weighted by molar-refractivity contribution is 0.0353. The normalized spacial score (nSPS) is 32.5. The van der Waals surface area contributed by atoms with Crippen molar-refractivity contribution in [2.45, 2.75) is 37.8 Å². The fourth-order valence-electron chi connectivity index (χ4n) is 5.37. The summed E-state index contributed by atoms with van der Waals surface area (Å²) in [7, 11) is 1.73. The lowest BCUT2D eigenvalue weighted by Gasteiger charge is -2.51. The van der Waals surface area contributed by atoms with Crippen LogP contribution in [0.5, 0.6) is 5.75 Å². The monoisotopic (exact) mass is 350 g/mol. The smallest absolute Gasteiger partial charge is 0.225 e. The third-order valence-corrected chi connectivity index (χ3v) is 6.58. The summed E-state index contributed by atoms with van der Waals surface area (Å²) in [5, 5.41) is 0. The largest absolute Gasteiger partial charge is 0.497 e. The van der Waals surface area contributed by atoms with Gasteiger partial charge in [-0.2, -0.15) is 0 Å². The molecule has 0 spiro atoms. The molecular formula is C21H26N4O. The van der Waals surface area contributed by atoms with Crippen molar-refractivity contribution in [3.05, 3.63) is 47.8 Å². The Morgan fingerprint density at radius 2 is 1.81 bits per heavy atom. The second-order valence-electron chi connectivity index (χ2n) is 7.88. The molecule has 26 heavy (non-hydrogen) atoms. The first-order valence-electron chi connectivity index (χ1n) is 9.69. The van der Waals surface area contributed by atoms with E-state index in [9.17, 15) is 0 Å². The van der Waals surface area contributed by atoms with Crippen LogP contribution in [-0.2, 0) is 0 Å². The molecule has 2 aromatic rings. The van der Waals surface area contributed by atoms with E-state index >= 15 is 0 Å². The number of ether oxygens (including phenoxy) is 1. The molecule has 0 radical (unpaired) electrons. The summed E-state index contributed by atoms with van der Waals surface area (Å²) in [6.07, 6.45) is 4.51. The Hall–Kier alpha value is -2.14. The number of piperidine rings is 3. The number of anilines is 1. The van der Waals surface area contributed by atoms with Gasteiger partial charge in [-0.05, 0) is 62.5 Å². The minimum atomic E-state index is 0.498. The van der Waals surface area contributed by atoms with Crippen molar-refractivity contribution in [1.29, 1.82) is 0 Å². The van der Waals surface area contributed by atoms with Crippen molar-refractivity contribution in [2.24, 2.45) is 5.92 Å². The zero-order chi connectivity index (χ0) is 17.7. The van der Waals surface area contributed by atoms with E-state index in [0.29, 0.717) is 18.0 Å². The minimum absolute atomic E-state index is 0.498. The van der Waals surface area contributed by atoms with Gasteiger partial charge >= 0.3 is 0 Å². The zero-order valence-corrected chi connectivity index (χ0v) is 15.5. The molecule has 0 amide bonds. The third-order valence-electron chi connectivity index (χ3n) is 6.58. The molecule has 5 nitrogen and oxygen atoms in total. The van der Waals surface area contributed by atoms with Gasteiger partial charge in [-0.15, -0.1) is 0 Å². The van der Waals surface area contributed by atoms with Crippen molar-refractivity contribution in [1.82, 2.24) is 14.9 Å². The van der Waals surface area contributed by atoms with Crippen LogP contribution < -0.4 is 9.64 Å². The molecule has 4 aliphatic rings. The number of aromatic nitrogens is 2. The maximum Gasteiger partial charge on any atom is 0.225 e. The molecule has 1 aromatic carbocycles. The van der Waals surface area contributed by atoms with Crippen LogP contribution in [0, 0.1) is 12.8 Å². The highest BCUT2D eigenvalue weighted by molar-refractivity contribution is 5.43. The first kappa shape index (κ1) is 16.1.